The van der Waals surface area contributed by atoms with Gasteiger partial charge in [-0.1, -0.05) is 78.9 Å². The van der Waals surface area contributed by atoms with Crippen molar-refractivity contribution in [2.45, 2.75) is 0 Å². The number of rotatable bonds is 4. The monoisotopic (exact) mass is 526 g/mol. The number of hydrogen-bond acceptors (Lipinski definition) is 5. The Bertz CT molecular complexity index is 2140. The molecule has 3 heterocycles. The number of nitrogens with zero attached hydrogens (tertiary/aromatic N) is 4. The van der Waals surface area contributed by atoms with Crippen LogP contribution in [0.15, 0.2) is 138 Å². The van der Waals surface area contributed by atoms with Gasteiger partial charge in [0, 0.05) is 28.9 Å². The van der Waals surface area contributed by atoms with E-state index in [-0.39, 0.29) is 0 Å². The van der Waals surface area contributed by atoms with Gasteiger partial charge in [0.15, 0.2) is 5.65 Å². The minimum Gasteiger partial charge on any atom is -0.416 e. The molecule has 8 rings (SSSR count). The molecular weight excluding hydrogens is 504 g/mol. The van der Waals surface area contributed by atoms with Gasteiger partial charge in [-0.05, 0) is 86.3 Å². The molecule has 5 aromatic carbocycles. The summed E-state index contributed by atoms with van der Waals surface area (Å²) in [6.45, 7) is 0. The van der Waals surface area contributed by atoms with Crippen molar-refractivity contribution in [2.75, 3.05) is 0 Å². The minimum atomic E-state index is 0.499. The summed E-state index contributed by atoms with van der Waals surface area (Å²) in [5.74, 6) is 1.01. The minimum absolute atomic E-state index is 0.499. The second-order valence-corrected chi connectivity index (χ2v) is 9.93. The molecule has 0 aliphatic rings. The first-order valence-electron chi connectivity index (χ1n) is 13.5. The molecule has 0 radical (unpaired) electrons. The van der Waals surface area contributed by atoms with E-state index in [0.29, 0.717) is 11.8 Å². The fourth-order valence-corrected chi connectivity index (χ4v) is 5.75. The highest BCUT2D eigenvalue weighted by molar-refractivity contribution is 6.23. The molecule has 0 aliphatic heterocycles. The summed E-state index contributed by atoms with van der Waals surface area (Å²) >= 11 is 0. The molecule has 0 unspecified atom stereocenters. The summed E-state index contributed by atoms with van der Waals surface area (Å²) in [6, 6.07) is 41.6. The van der Waals surface area contributed by atoms with Crippen molar-refractivity contribution in [2.24, 2.45) is 0 Å². The Hall–Kier alpha value is -5.68. The zero-order valence-corrected chi connectivity index (χ0v) is 21.9. The van der Waals surface area contributed by atoms with Gasteiger partial charge in [0.1, 0.15) is 0 Å². The predicted octanol–water partition coefficient (Wildman–Crippen LogP) is 8.99. The van der Waals surface area contributed by atoms with Crippen LogP contribution in [-0.4, -0.2) is 20.2 Å². The van der Waals surface area contributed by atoms with Crippen LogP contribution in [0.25, 0.3) is 77.7 Å². The van der Waals surface area contributed by atoms with Crippen LogP contribution in [-0.2, 0) is 0 Å². The van der Waals surface area contributed by atoms with Gasteiger partial charge in [0.2, 0.25) is 11.8 Å². The molecule has 0 saturated heterocycles. The lowest BCUT2D eigenvalue weighted by molar-refractivity contribution is 0.584. The van der Waals surface area contributed by atoms with Crippen molar-refractivity contribution in [3.8, 4) is 45.2 Å². The van der Waals surface area contributed by atoms with Crippen LogP contribution < -0.4 is 0 Å². The van der Waals surface area contributed by atoms with Gasteiger partial charge in [-0.3, -0.25) is 0 Å². The summed E-state index contributed by atoms with van der Waals surface area (Å²) in [7, 11) is 0. The van der Waals surface area contributed by atoms with E-state index in [1.54, 1.807) is 6.20 Å². The third kappa shape index (κ3) is 3.86. The number of hydrogen-bond donors (Lipinski definition) is 0. The van der Waals surface area contributed by atoms with Gasteiger partial charge < -0.3 is 4.42 Å². The normalized spacial score (nSPS) is 11.4. The second-order valence-electron chi connectivity index (χ2n) is 9.93. The lowest BCUT2D eigenvalue weighted by Gasteiger charge is -2.18. The van der Waals surface area contributed by atoms with E-state index in [9.17, 15) is 0 Å². The van der Waals surface area contributed by atoms with Crippen molar-refractivity contribution in [1.82, 2.24) is 20.2 Å². The van der Waals surface area contributed by atoms with E-state index in [2.05, 4.69) is 105 Å². The number of pyridine rings is 2. The van der Waals surface area contributed by atoms with E-state index in [1.807, 2.05) is 42.6 Å². The van der Waals surface area contributed by atoms with Crippen molar-refractivity contribution >= 4 is 32.6 Å². The molecule has 8 aromatic rings. The topological polar surface area (TPSA) is 64.7 Å². The van der Waals surface area contributed by atoms with E-state index in [4.69, 9.17) is 4.42 Å². The van der Waals surface area contributed by atoms with Crippen LogP contribution in [0.3, 0.4) is 0 Å². The Labute approximate surface area is 235 Å². The quantitative estimate of drug-likeness (QED) is 0.214. The van der Waals surface area contributed by atoms with Gasteiger partial charge in [-0.15, -0.1) is 10.2 Å². The van der Waals surface area contributed by atoms with Crippen molar-refractivity contribution < 1.29 is 4.42 Å². The fraction of sp³-hybridized carbons (Fsp3) is 0. The largest absolute Gasteiger partial charge is 0.416 e. The molecule has 0 saturated carbocycles. The lowest BCUT2D eigenvalue weighted by Crippen LogP contribution is -1.93. The van der Waals surface area contributed by atoms with Crippen molar-refractivity contribution in [1.29, 1.82) is 0 Å². The van der Waals surface area contributed by atoms with Gasteiger partial charge in [0.05, 0.1) is 0 Å². The van der Waals surface area contributed by atoms with Crippen molar-refractivity contribution in [3.63, 3.8) is 0 Å². The molecule has 0 amide bonds. The van der Waals surface area contributed by atoms with Crippen LogP contribution >= 0.6 is 0 Å². The maximum Gasteiger partial charge on any atom is 0.248 e. The first-order chi connectivity index (χ1) is 20.3. The predicted molar refractivity (Wildman–Crippen MR) is 164 cm³/mol. The highest BCUT2D eigenvalue weighted by atomic mass is 16.4. The van der Waals surface area contributed by atoms with E-state index >= 15 is 0 Å². The molecule has 0 atom stereocenters. The molecule has 0 fully saturated rings. The fourth-order valence-electron chi connectivity index (χ4n) is 5.75. The Balaban J connectivity index is 1.31. The molecule has 0 bridgehead atoms. The third-order valence-corrected chi connectivity index (χ3v) is 7.58. The molecule has 192 valence electrons. The molecule has 0 N–H and O–H groups in total. The van der Waals surface area contributed by atoms with Gasteiger partial charge >= 0.3 is 0 Å². The van der Waals surface area contributed by atoms with Gasteiger partial charge in [0.25, 0.3) is 0 Å². The molecule has 3 aromatic heterocycles. The summed E-state index contributed by atoms with van der Waals surface area (Å²) in [5, 5.41) is 14.4. The highest BCUT2D eigenvalue weighted by Crippen LogP contribution is 2.45. The highest BCUT2D eigenvalue weighted by Gasteiger charge is 2.18. The van der Waals surface area contributed by atoms with Crippen LogP contribution in [0.5, 0.6) is 0 Å². The molecule has 0 spiro atoms. The molecule has 0 aliphatic carbocycles. The number of fused-ring (bicyclic) bond motifs is 3. The second kappa shape index (κ2) is 9.50. The van der Waals surface area contributed by atoms with E-state index in [1.165, 1.54) is 32.7 Å². The molecule has 5 heteroatoms. The number of aromatic nitrogens is 4. The van der Waals surface area contributed by atoms with Crippen LogP contribution in [0.4, 0.5) is 0 Å². The molecule has 41 heavy (non-hydrogen) atoms. The third-order valence-electron chi connectivity index (χ3n) is 7.58. The van der Waals surface area contributed by atoms with Gasteiger partial charge in [-0.2, -0.15) is 0 Å². The summed E-state index contributed by atoms with van der Waals surface area (Å²) in [5.41, 5.74) is 7.16. The van der Waals surface area contributed by atoms with Gasteiger partial charge in [-0.25, -0.2) is 9.97 Å². The Morgan fingerprint density at radius 1 is 0.390 bits per heavy atom. The van der Waals surface area contributed by atoms with Crippen LogP contribution in [0, 0.1) is 0 Å². The molecule has 5 nitrogen and oxygen atoms in total. The summed E-state index contributed by atoms with van der Waals surface area (Å²) in [4.78, 5) is 9.03. The summed E-state index contributed by atoms with van der Waals surface area (Å²) < 4.78 is 6.01. The van der Waals surface area contributed by atoms with E-state index in [0.717, 1.165) is 33.3 Å². The Morgan fingerprint density at radius 3 is 1.56 bits per heavy atom. The zero-order valence-electron chi connectivity index (χ0n) is 21.9. The lowest BCUT2D eigenvalue weighted by atomic mass is 9.85. The standard InChI is InChI=1S/C36H22N4O/c1-2-9-24(10-3-1)35-39-40-36(41-35)25-18-16-23(17-19-25)32-26-11-4-6-13-28(26)33(29-14-7-5-12-27(29)32)30-20-22-38-34-31(30)15-8-21-37-34/h1-22H. The SMILES string of the molecule is c1ccc(-c2nnc(-c3ccc(-c4c5ccccc5c(-c5ccnc6ncccc56)c5ccccc45)cc3)o2)cc1. The van der Waals surface area contributed by atoms with Crippen LogP contribution in [0.2, 0.25) is 0 Å². The summed E-state index contributed by atoms with van der Waals surface area (Å²) in [6.07, 6.45) is 3.64. The first-order valence-corrected chi connectivity index (χ1v) is 13.5. The number of benzene rings is 5. The van der Waals surface area contributed by atoms with Crippen LogP contribution in [0.1, 0.15) is 0 Å². The Morgan fingerprint density at radius 2 is 0.902 bits per heavy atom. The maximum absolute atomic E-state index is 6.01. The van der Waals surface area contributed by atoms with E-state index < -0.39 is 0 Å². The van der Waals surface area contributed by atoms with Crippen molar-refractivity contribution in [3.05, 3.63) is 134 Å². The average molecular weight is 527 g/mol. The molecular formula is C36H22N4O. The maximum atomic E-state index is 6.01. The smallest absolute Gasteiger partial charge is 0.248 e. The average Bonchev–Trinajstić information content (AvgIpc) is 3.55. The first kappa shape index (κ1) is 23.2. The Kier molecular flexibility index (Phi) is 5.38. The zero-order chi connectivity index (χ0) is 27.2.